The first-order chi connectivity index (χ1) is 6.48. The molecule has 1 N–H and O–H groups in total. The number of nitrogens with one attached hydrogen (secondary N) is 1. The van der Waals surface area contributed by atoms with Gasteiger partial charge in [0.15, 0.2) is 9.84 Å². The van der Waals surface area contributed by atoms with Crippen molar-refractivity contribution in [3.05, 3.63) is 24.0 Å². The summed E-state index contributed by atoms with van der Waals surface area (Å²) in [6.45, 7) is 1.85. The fourth-order valence-corrected chi connectivity index (χ4v) is 2.13. The van der Waals surface area contributed by atoms with Crippen LogP contribution in [-0.2, 0) is 9.84 Å². The van der Waals surface area contributed by atoms with Gasteiger partial charge < -0.3 is 4.98 Å². The monoisotopic (exact) mass is 210 g/mol. The van der Waals surface area contributed by atoms with Crippen molar-refractivity contribution in [3.8, 4) is 0 Å². The Morgan fingerprint density at radius 2 is 2.07 bits per heavy atom. The van der Waals surface area contributed by atoms with Crippen molar-refractivity contribution in [2.75, 3.05) is 6.26 Å². The van der Waals surface area contributed by atoms with Gasteiger partial charge in [-0.05, 0) is 24.6 Å². The number of nitrogens with zero attached hydrogens (tertiary/aromatic N) is 1. The van der Waals surface area contributed by atoms with E-state index in [1.165, 1.54) is 6.26 Å². The first kappa shape index (κ1) is 9.21. The van der Waals surface area contributed by atoms with E-state index in [2.05, 4.69) is 9.97 Å². The van der Waals surface area contributed by atoms with Gasteiger partial charge in [-0.2, -0.15) is 0 Å². The molecule has 0 amide bonds. The maximum Gasteiger partial charge on any atom is 0.175 e. The molecule has 0 aliphatic heterocycles. The largest absolute Gasteiger partial charge is 0.345 e. The molecule has 0 unspecified atom stereocenters. The molecule has 5 heteroatoms. The lowest BCUT2D eigenvalue weighted by Gasteiger charge is -2.00. The number of sulfone groups is 1. The lowest BCUT2D eigenvalue weighted by molar-refractivity contribution is 0.602. The number of fused-ring (bicyclic) bond motifs is 1. The van der Waals surface area contributed by atoms with Gasteiger partial charge in [0, 0.05) is 6.26 Å². The Morgan fingerprint density at radius 1 is 1.36 bits per heavy atom. The number of H-pyrrole nitrogens is 1. The molecule has 2 aromatic rings. The Hall–Kier alpha value is -1.36. The highest BCUT2D eigenvalue weighted by Crippen LogP contribution is 2.19. The summed E-state index contributed by atoms with van der Waals surface area (Å²) < 4.78 is 22.6. The van der Waals surface area contributed by atoms with E-state index in [1.807, 2.05) is 6.92 Å². The molecular formula is C9H10N2O2S. The van der Waals surface area contributed by atoms with Gasteiger partial charge in [-0.15, -0.1) is 0 Å². The van der Waals surface area contributed by atoms with Crippen LogP contribution in [0.15, 0.2) is 23.4 Å². The normalized spacial score (nSPS) is 12.1. The van der Waals surface area contributed by atoms with Crippen LogP contribution in [0.3, 0.4) is 0 Å². The highest BCUT2D eigenvalue weighted by atomic mass is 32.2. The van der Waals surface area contributed by atoms with E-state index < -0.39 is 9.84 Å². The number of aryl methyl sites for hydroxylation is 1. The number of imidazole rings is 1. The van der Waals surface area contributed by atoms with Crippen molar-refractivity contribution < 1.29 is 8.42 Å². The number of aromatic nitrogens is 2. The molecule has 0 fully saturated rings. The predicted molar refractivity (Wildman–Crippen MR) is 53.9 cm³/mol. The second-order valence-electron chi connectivity index (χ2n) is 3.31. The summed E-state index contributed by atoms with van der Waals surface area (Å²) >= 11 is 0. The minimum Gasteiger partial charge on any atom is -0.345 e. The third-order valence-corrected chi connectivity index (χ3v) is 3.21. The summed E-state index contributed by atoms with van der Waals surface area (Å²) in [6.07, 6.45) is 2.76. The molecule has 0 bridgehead atoms. The molecule has 1 heterocycles. The van der Waals surface area contributed by atoms with Gasteiger partial charge in [-0.3, -0.25) is 0 Å². The molecule has 0 radical (unpaired) electrons. The summed E-state index contributed by atoms with van der Waals surface area (Å²) in [6, 6.07) is 3.24. The van der Waals surface area contributed by atoms with Crippen LogP contribution in [0.4, 0.5) is 0 Å². The number of aromatic amines is 1. The van der Waals surface area contributed by atoms with Gasteiger partial charge in [0.25, 0.3) is 0 Å². The lowest BCUT2D eigenvalue weighted by Crippen LogP contribution is -1.97. The van der Waals surface area contributed by atoms with E-state index in [-0.39, 0.29) is 0 Å². The van der Waals surface area contributed by atoms with Crippen LogP contribution >= 0.6 is 0 Å². The van der Waals surface area contributed by atoms with Gasteiger partial charge in [0.05, 0.1) is 22.3 Å². The van der Waals surface area contributed by atoms with Gasteiger partial charge in [0.1, 0.15) is 0 Å². The van der Waals surface area contributed by atoms with E-state index in [9.17, 15) is 8.42 Å². The minimum atomic E-state index is -3.14. The Bertz CT molecular complexity index is 584. The second kappa shape index (κ2) is 2.81. The fourth-order valence-electron chi connectivity index (χ4n) is 1.41. The fraction of sp³-hybridized carbons (Fsp3) is 0.222. The second-order valence-corrected chi connectivity index (χ2v) is 5.33. The zero-order valence-electron chi connectivity index (χ0n) is 7.90. The number of rotatable bonds is 1. The van der Waals surface area contributed by atoms with E-state index >= 15 is 0 Å². The molecule has 1 aromatic carbocycles. The zero-order chi connectivity index (χ0) is 10.3. The van der Waals surface area contributed by atoms with Crippen molar-refractivity contribution in [1.82, 2.24) is 9.97 Å². The van der Waals surface area contributed by atoms with Crippen molar-refractivity contribution in [2.24, 2.45) is 0 Å². The zero-order valence-corrected chi connectivity index (χ0v) is 8.72. The first-order valence-electron chi connectivity index (χ1n) is 4.12. The third-order valence-electron chi connectivity index (χ3n) is 2.12. The van der Waals surface area contributed by atoms with Crippen molar-refractivity contribution in [1.29, 1.82) is 0 Å². The smallest absolute Gasteiger partial charge is 0.175 e. The van der Waals surface area contributed by atoms with Crippen molar-refractivity contribution >= 4 is 20.9 Å². The quantitative estimate of drug-likeness (QED) is 0.771. The van der Waals surface area contributed by atoms with E-state index in [0.29, 0.717) is 4.90 Å². The summed E-state index contributed by atoms with van der Waals surface area (Å²) in [5, 5.41) is 0. The van der Waals surface area contributed by atoms with Crippen LogP contribution in [0.25, 0.3) is 11.0 Å². The molecule has 0 saturated carbocycles. The molecule has 14 heavy (non-hydrogen) atoms. The third kappa shape index (κ3) is 1.39. The molecule has 0 saturated heterocycles. The van der Waals surface area contributed by atoms with Crippen molar-refractivity contribution in [3.63, 3.8) is 0 Å². The Morgan fingerprint density at radius 3 is 2.71 bits per heavy atom. The molecule has 74 valence electrons. The standard InChI is InChI=1S/C9H10N2O2S/c1-6-3-7(14(2,12)13)4-8-9(6)11-5-10-8/h3-5H,1-2H3,(H,10,11). The van der Waals surface area contributed by atoms with Crippen LogP contribution < -0.4 is 0 Å². The van der Waals surface area contributed by atoms with Crippen LogP contribution in [0.2, 0.25) is 0 Å². The Balaban J connectivity index is 2.83. The molecule has 0 aliphatic carbocycles. The average molecular weight is 210 g/mol. The molecule has 1 aromatic heterocycles. The van der Waals surface area contributed by atoms with E-state index in [0.717, 1.165) is 16.6 Å². The van der Waals surface area contributed by atoms with Crippen LogP contribution in [0.5, 0.6) is 0 Å². The van der Waals surface area contributed by atoms with Crippen LogP contribution in [-0.4, -0.2) is 24.6 Å². The van der Waals surface area contributed by atoms with E-state index in [1.54, 1.807) is 18.5 Å². The summed E-state index contributed by atoms with van der Waals surface area (Å²) in [5.74, 6) is 0. The summed E-state index contributed by atoms with van der Waals surface area (Å²) in [4.78, 5) is 7.31. The SMILES string of the molecule is Cc1cc(S(C)(=O)=O)cc2[nH]cnc12. The van der Waals surface area contributed by atoms with Gasteiger partial charge in [0.2, 0.25) is 0 Å². The van der Waals surface area contributed by atoms with Gasteiger partial charge in [-0.25, -0.2) is 13.4 Å². The van der Waals surface area contributed by atoms with Crippen LogP contribution in [0.1, 0.15) is 5.56 Å². The average Bonchev–Trinajstić information content (AvgIpc) is 2.50. The molecule has 2 rings (SSSR count). The molecule has 0 spiro atoms. The summed E-state index contributed by atoms with van der Waals surface area (Å²) in [5.41, 5.74) is 2.44. The first-order valence-corrected chi connectivity index (χ1v) is 6.01. The van der Waals surface area contributed by atoms with Gasteiger partial charge >= 0.3 is 0 Å². The van der Waals surface area contributed by atoms with Crippen LogP contribution in [0, 0.1) is 6.92 Å². The van der Waals surface area contributed by atoms with Gasteiger partial charge in [-0.1, -0.05) is 0 Å². The number of hydrogen-bond donors (Lipinski definition) is 1. The van der Waals surface area contributed by atoms with E-state index in [4.69, 9.17) is 0 Å². The summed E-state index contributed by atoms with van der Waals surface area (Å²) in [7, 11) is -3.14. The molecule has 4 nitrogen and oxygen atoms in total. The highest BCUT2D eigenvalue weighted by Gasteiger charge is 2.10. The Kier molecular flexibility index (Phi) is 1.85. The number of benzene rings is 1. The van der Waals surface area contributed by atoms with Crippen molar-refractivity contribution in [2.45, 2.75) is 11.8 Å². The Labute approximate surface area is 81.9 Å². The molecular weight excluding hydrogens is 200 g/mol. The lowest BCUT2D eigenvalue weighted by atomic mass is 10.2. The highest BCUT2D eigenvalue weighted by molar-refractivity contribution is 7.90. The predicted octanol–water partition coefficient (Wildman–Crippen LogP) is 1.27. The minimum absolute atomic E-state index is 0.326. The number of hydrogen-bond acceptors (Lipinski definition) is 3. The topological polar surface area (TPSA) is 62.8 Å². The molecule has 0 aliphatic rings. The maximum absolute atomic E-state index is 11.3. The molecule has 0 atom stereocenters. The maximum atomic E-state index is 11.3.